The van der Waals surface area contributed by atoms with Gasteiger partial charge in [0.25, 0.3) is 0 Å². The van der Waals surface area contributed by atoms with E-state index in [1.807, 2.05) is 19.2 Å². The number of fused-ring (bicyclic) bond motifs is 1. The molecule has 2 heterocycles. The first-order chi connectivity index (χ1) is 9.19. The molecule has 2 unspecified atom stereocenters. The number of para-hydroxylation sites is 1. The number of nitrogens with one attached hydrogen (secondary N) is 1. The fraction of sp³-hybridized carbons (Fsp3) is 0.286. The van der Waals surface area contributed by atoms with Crippen LogP contribution in [0.5, 0.6) is 5.75 Å². The summed E-state index contributed by atoms with van der Waals surface area (Å²) in [6.45, 7) is 0. The zero-order chi connectivity index (χ0) is 13.4. The van der Waals surface area contributed by atoms with E-state index in [0.717, 1.165) is 20.4 Å². The van der Waals surface area contributed by atoms with Crippen LogP contribution in [0.2, 0.25) is 0 Å². The van der Waals surface area contributed by atoms with E-state index in [-0.39, 0.29) is 6.10 Å². The van der Waals surface area contributed by atoms with Gasteiger partial charge in [0.15, 0.2) is 0 Å². The van der Waals surface area contributed by atoms with E-state index in [1.54, 1.807) is 11.3 Å². The summed E-state index contributed by atoms with van der Waals surface area (Å²) in [6.07, 6.45) is 1.06. The number of hydrogen-bond donors (Lipinski definition) is 1. The molecule has 100 valence electrons. The van der Waals surface area contributed by atoms with Crippen molar-refractivity contribution in [1.82, 2.24) is 5.32 Å². The normalized spacial score (nSPS) is 21.8. The number of benzene rings is 1. The molecule has 1 aromatic heterocycles. The molecule has 0 radical (unpaired) electrons. The van der Waals surface area contributed by atoms with Crippen LogP contribution >= 0.6 is 43.2 Å². The number of ether oxygens (including phenoxy) is 1. The molecule has 0 saturated carbocycles. The van der Waals surface area contributed by atoms with Gasteiger partial charge in [-0.25, -0.2) is 0 Å². The highest BCUT2D eigenvalue weighted by atomic mass is 79.9. The second-order valence-electron chi connectivity index (χ2n) is 4.49. The second kappa shape index (κ2) is 5.56. The Bertz CT molecular complexity index is 579. The third-order valence-corrected chi connectivity index (χ3v) is 6.69. The van der Waals surface area contributed by atoms with Gasteiger partial charge >= 0.3 is 0 Å². The van der Waals surface area contributed by atoms with Gasteiger partial charge in [0.2, 0.25) is 0 Å². The van der Waals surface area contributed by atoms with E-state index in [2.05, 4.69) is 55.4 Å². The molecule has 1 aliphatic rings. The van der Waals surface area contributed by atoms with Crippen molar-refractivity contribution in [3.05, 3.63) is 49.0 Å². The summed E-state index contributed by atoms with van der Waals surface area (Å²) in [7, 11) is 2.00. The van der Waals surface area contributed by atoms with Crippen molar-refractivity contribution < 1.29 is 4.74 Å². The van der Waals surface area contributed by atoms with Crippen LogP contribution in [0.3, 0.4) is 0 Å². The minimum atomic E-state index is 0.111. The lowest BCUT2D eigenvalue weighted by molar-refractivity contribution is 0.157. The predicted molar refractivity (Wildman–Crippen MR) is 85.9 cm³/mol. The maximum Gasteiger partial charge on any atom is 0.135 e. The molecule has 2 atom stereocenters. The Balaban J connectivity index is 1.95. The highest BCUT2D eigenvalue weighted by Crippen LogP contribution is 2.44. The first kappa shape index (κ1) is 13.6. The van der Waals surface area contributed by atoms with Crippen molar-refractivity contribution in [2.45, 2.75) is 18.6 Å². The largest absolute Gasteiger partial charge is 0.484 e. The Morgan fingerprint density at radius 2 is 2.11 bits per heavy atom. The van der Waals surface area contributed by atoms with Gasteiger partial charge in [-0.2, -0.15) is 0 Å². The summed E-state index contributed by atoms with van der Waals surface area (Å²) in [6, 6.07) is 10.7. The molecule has 3 rings (SSSR count). The number of hydrogen-bond acceptors (Lipinski definition) is 3. The van der Waals surface area contributed by atoms with Crippen molar-refractivity contribution >= 4 is 43.2 Å². The minimum Gasteiger partial charge on any atom is -0.484 e. The fourth-order valence-corrected chi connectivity index (χ4v) is 4.52. The molecule has 2 nitrogen and oxygen atoms in total. The molecule has 2 aromatic rings. The van der Waals surface area contributed by atoms with Gasteiger partial charge in [0.05, 0.1) is 3.79 Å². The summed E-state index contributed by atoms with van der Waals surface area (Å²) in [4.78, 5) is 1.24. The molecule has 0 fully saturated rings. The van der Waals surface area contributed by atoms with Crippen molar-refractivity contribution in [2.75, 3.05) is 7.05 Å². The first-order valence-corrected chi connectivity index (χ1v) is 8.47. The zero-order valence-electron chi connectivity index (χ0n) is 10.3. The zero-order valence-corrected chi connectivity index (χ0v) is 14.3. The summed E-state index contributed by atoms with van der Waals surface area (Å²) in [5, 5.41) is 3.38. The summed E-state index contributed by atoms with van der Waals surface area (Å²) >= 11 is 8.81. The van der Waals surface area contributed by atoms with Gasteiger partial charge in [0, 0.05) is 27.4 Å². The van der Waals surface area contributed by atoms with Crippen molar-refractivity contribution in [3.8, 4) is 5.75 Å². The van der Waals surface area contributed by atoms with E-state index in [4.69, 9.17) is 4.74 Å². The van der Waals surface area contributed by atoms with Crippen LogP contribution in [0.4, 0.5) is 0 Å². The number of thiophene rings is 1. The van der Waals surface area contributed by atoms with E-state index < -0.39 is 0 Å². The summed E-state index contributed by atoms with van der Waals surface area (Å²) < 4.78 is 8.36. The van der Waals surface area contributed by atoms with Gasteiger partial charge in [-0.05, 0) is 51.0 Å². The predicted octanol–water partition coefficient (Wildman–Crippen LogP) is 5.06. The molecule has 1 aromatic carbocycles. The van der Waals surface area contributed by atoms with E-state index >= 15 is 0 Å². The lowest BCUT2D eigenvalue weighted by Crippen LogP contribution is -2.26. The van der Waals surface area contributed by atoms with Crippen LogP contribution in [0.25, 0.3) is 0 Å². The van der Waals surface area contributed by atoms with Crippen LogP contribution in [0.1, 0.15) is 29.0 Å². The summed E-state index contributed by atoms with van der Waals surface area (Å²) in [5.41, 5.74) is 1.25. The average molecular weight is 403 g/mol. The van der Waals surface area contributed by atoms with Crippen molar-refractivity contribution in [1.29, 1.82) is 0 Å². The Morgan fingerprint density at radius 3 is 2.79 bits per heavy atom. The lowest BCUT2D eigenvalue weighted by atomic mass is 9.96. The third-order valence-electron chi connectivity index (χ3n) is 3.34. The molecule has 0 spiro atoms. The Labute approximate surface area is 133 Å². The van der Waals surface area contributed by atoms with Gasteiger partial charge in [-0.1, -0.05) is 18.2 Å². The number of rotatable bonds is 2. The van der Waals surface area contributed by atoms with Crippen LogP contribution in [0.15, 0.2) is 38.6 Å². The van der Waals surface area contributed by atoms with E-state index in [9.17, 15) is 0 Å². The molecule has 19 heavy (non-hydrogen) atoms. The van der Waals surface area contributed by atoms with Crippen molar-refractivity contribution in [3.63, 3.8) is 0 Å². The van der Waals surface area contributed by atoms with E-state index in [0.29, 0.717) is 6.04 Å². The Kier molecular flexibility index (Phi) is 3.98. The quantitative estimate of drug-likeness (QED) is 0.758. The monoisotopic (exact) mass is 401 g/mol. The molecule has 0 aliphatic carbocycles. The van der Waals surface area contributed by atoms with Crippen LogP contribution in [-0.4, -0.2) is 7.05 Å². The van der Waals surface area contributed by atoms with Gasteiger partial charge < -0.3 is 10.1 Å². The third kappa shape index (κ3) is 2.61. The standard InChI is InChI=1S/C14H13Br2NOS/c1-17-10-7-12(13-6-9(15)14(16)19-13)18-11-5-3-2-4-8(10)11/h2-6,10,12,17H,7H2,1H3. The van der Waals surface area contributed by atoms with Crippen LogP contribution in [0, 0.1) is 0 Å². The molecule has 1 aliphatic heterocycles. The highest BCUT2D eigenvalue weighted by Gasteiger charge is 2.29. The molecule has 1 N–H and O–H groups in total. The first-order valence-electron chi connectivity index (χ1n) is 6.06. The smallest absolute Gasteiger partial charge is 0.135 e. The maximum atomic E-state index is 6.15. The lowest BCUT2D eigenvalue weighted by Gasteiger charge is -2.31. The Morgan fingerprint density at radius 1 is 1.32 bits per heavy atom. The summed E-state index contributed by atoms with van der Waals surface area (Å²) in [5.74, 6) is 0.985. The molecule has 5 heteroatoms. The number of halogens is 2. The van der Waals surface area contributed by atoms with E-state index in [1.165, 1.54) is 10.4 Å². The minimum absolute atomic E-state index is 0.111. The van der Waals surface area contributed by atoms with Crippen molar-refractivity contribution in [2.24, 2.45) is 0 Å². The molecular weight excluding hydrogens is 390 g/mol. The molecular formula is C14H13Br2NOS. The molecule has 0 saturated heterocycles. The van der Waals surface area contributed by atoms with Gasteiger partial charge in [-0.3, -0.25) is 0 Å². The average Bonchev–Trinajstić information content (AvgIpc) is 2.77. The molecule has 0 amide bonds. The van der Waals surface area contributed by atoms with Gasteiger partial charge in [-0.15, -0.1) is 11.3 Å². The Hall–Kier alpha value is -0.360. The van der Waals surface area contributed by atoms with Crippen LogP contribution in [-0.2, 0) is 0 Å². The van der Waals surface area contributed by atoms with Gasteiger partial charge in [0.1, 0.15) is 11.9 Å². The van der Waals surface area contributed by atoms with Crippen LogP contribution < -0.4 is 10.1 Å². The topological polar surface area (TPSA) is 21.3 Å². The second-order valence-corrected chi connectivity index (χ2v) is 7.75. The maximum absolute atomic E-state index is 6.15. The fourth-order valence-electron chi connectivity index (χ4n) is 2.39. The SMILES string of the molecule is CNC1CC(c2cc(Br)c(Br)s2)Oc2ccccc21. The molecule has 0 bridgehead atoms. The highest BCUT2D eigenvalue weighted by molar-refractivity contribution is 9.13.